The average Bonchev–Trinajstić information content (AvgIpc) is 2.06. The van der Waals surface area contributed by atoms with Crippen molar-refractivity contribution in [2.45, 2.75) is 12.2 Å². The fourth-order valence-electron chi connectivity index (χ4n) is 1.28. The van der Waals surface area contributed by atoms with E-state index in [-0.39, 0.29) is 6.10 Å². The van der Waals surface area contributed by atoms with Crippen LogP contribution in [0.1, 0.15) is 11.7 Å². The van der Waals surface area contributed by atoms with Crippen LogP contribution in [0.2, 0.25) is 5.02 Å². The summed E-state index contributed by atoms with van der Waals surface area (Å²) in [5, 5.41) is 9.96. The molecule has 2 atom stereocenters. The van der Waals surface area contributed by atoms with Crippen molar-refractivity contribution in [2.24, 2.45) is 0 Å². The molecule has 1 N–H and O–H groups in total. The van der Waals surface area contributed by atoms with Crippen molar-refractivity contribution in [3.05, 3.63) is 34.9 Å². The normalized spacial score (nSPS) is 28.2. The summed E-state index contributed by atoms with van der Waals surface area (Å²) in [6, 6.07) is 7.41. The van der Waals surface area contributed by atoms with Crippen LogP contribution in [0, 0.1) is 0 Å². The van der Waals surface area contributed by atoms with Gasteiger partial charge in [0, 0.05) is 10.6 Å². The molecule has 1 fully saturated rings. The van der Waals surface area contributed by atoms with Gasteiger partial charge in [0.15, 0.2) is 0 Å². The Morgan fingerprint density at radius 1 is 1.42 bits per heavy atom. The molecule has 1 aromatic carbocycles. The van der Waals surface area contributed by atoms with E-state index in [9.17, 15) is 5.11 Å². The van der Waals surface area contributed by atoms with E-state index in [0.717, 1.165) is 5.56 Å². The van der Waals surface area contributed by atoms with Crippen LogP contribution in [0.25, 0.3) is 0 Å². The summed E-state index contributed by atoms with van der Waals surface area (Å²) in [5.74, 6) is 0. The molecular formula is C9H9ClO2. The zero-order valence-corrected chi connectivity index (χ0v) is 7.16. The smallest absolute Gasteiger partial charge is 0.112 e. The van der Waals surface area contributed by atoms with Gasteiger partial charge in [0.2, 0.25) is 0 Å². The zero-order chi connectivity index (χ0) is 8.55. The third-order valence-electron chi connectivity index (χ3n) is 2.01. The third kappa shape index (κ3) is 1.22. The predicted octanol–water partition coefficient (Wildman–Crippen LogP) is 1.77. The van der Waals surface area contributed by atoms with Gasteiger partial charge in [-0.1, -0.05) is 29.8 Å². The first-order chi connectivity index (χ1) is 5.79. The second kappa shape index (κ2) is 3.05. The first-order valence-electron chi connectivity index (χ1n) is 3.83. The van der Waals surface area contributed by atoms with Crippen molar-refractivity contribution >= 4 is 11.6 Å². The molecule has 1 heterocycles. The van der Waals surface area contributed by atoms with E-state index in [1.165, 1.54) is 0 Å². The Labute approximate surface area is 75.7 Å². The van der Waals surface area contributed by atoms with Gasteiger partial charge in [0.1, 0.15) is 12.2 Å². The molecule has 3 heteroatoms. The molecule has 2 rings (SSSR count). The Kier molecular flexibility index (Phi) is 2.05. The summed E-state index contributed by atoms with van der Waals surface area (Å²) < 4.78 is 5.18. The maximum absolute atomic E-state index is 9.30. The first kappa shape index (κ1) is 8.05. The largest absolute Gasteiger partial charge is 0.388 e. The fourth-order valence-corrected chi connectivity index (χ4v) is 1.52. The minimum atomic E-state index is -0.398. The standard InChI is InChI=1S/C9H9ClO2/c10-7-4-2-1-3-6(7)9-8(11)5-12-9/h1-4,8-9,11H,5H2. The van der Waals surface area contributed by atoms with E-state index in [4.69, 9.17) is 16.3 Å². The highest BCUT2D eigenvalue weighted by molar-refractivity contribution is 6.31. The number of rotatable bonds is 1. The summed E-state index contributed by atoms with van der Waals surface area (Å²) in [5.41, 5.74) is 0.873. The molecule has 1 aromatic rings. The molecule has 0 spiro atoms. The summed E-state index contributed by atoms with van der Waals surface area (Å²) in [6.07, 6.45) is -0.622. The summed E-state index contributed by atoms with van der Waals surface area (Å²) in [4.78, 5) is 0. The number of ether oxygens (including phenoxy) is 1. The molecule has 0 bridgehead atoms. The quantitative estimate of drug-likeness (QED) is 0.721. The van der Waals surface area contributed by atoms with E-state index in [0.29, 0.717) is 11.6 Å². The molecule has 64 valence electrons. The lowest BCUT2D eigenvalue weighted by Crippen LogP contribution is -2.37. The van der Waals surface area contributed by atoms with Crippen LogP contribution in [0.3, 0.4) is 0 Å². The van der Waals surface area contributed by atoms with Crippen LogP contribution in [0.15, 0.2) is 24.3 Å². The van der Waals surface area contributed by atoms with Gasteiger partial charge < -0.3 is 9.84 Å². The Morgan fingerprint density at radius 3 is 2.67 bits per heavy atom. The van der Waals surface area contributed by atoms with E-state index < -0.39 is 6.10 Å². The fraction of sp³-hybridized carbons (Fsp3) is 0.333. The van der Waals surface area contributed by atoms with E-state index in [2.05, 4.69) is 0 Å². The Bertz CT molecular complexity index is 288. The molecule has 2 unspecified atom stereocenters. The van der Waals surface area contributed by atoms with E-state index >= 15 is 0 Å². The number of hydrogen-bond donors (Lipinski definition) is 1. The van der Waals surface area contributed by atoms with Crippen molar-refractivity contribution < 1.29 is 9.84 Å². The van der Waals surface area contributed by atoms with Crippen molar-refractivity contribution in [3.63, 3.8) is 0 Å². The average molecular weight is 185 g/mol. The maximum Gasteiger partial charge on any atom is 0.112 e. The minimum Gasteiger partial charge on any atom is -0.388 e. The van der Waals surface area contributed by atoms with Gasteiger partial charge in [-0.25, -0.2) is 0 Å². The Balaban J connectivity index is 2.27. The molecule has 0 aromatic heterocycles. The number of aliphatic hydroxyl groups is 1. The van der Waals surface area contributed by atoms with Crippen LogP contribution in [-0.2, 0) is 4.74 Å². The molecule has 0 amide bonds. The van der Waals surface area contributed by atoms with Gasteiger partial charge in [0.05, 0.1) is 6.61 Å². The molecule has 12 heavy (non-hydrogen) atoms. The monoisotopic (exact) mass is 184 g/mol. The highest BCUT2D eigenvalue weighted by atomic mass is 35.5. The lowest BCUT2D eigenvalue weighted by Gasteiger charge is -2.33. The highest BCUT2D eigenvalue weighted by Crippen LogP contribution is 2.33. The number of benzene rings is 1. The number of halogens is 1. The molecule has 0 saturated carbocycles. The maximum atomic E-state index is 9.30. The minimum absolute atomic E-state index is 0.223. The van der Waals surface area contributed by atoms with Crippen molar-refractivity contribution in [2.75, 3.05) is 6.61 Å². The highest BCUT2D eigenvalue weighted by Gasteiger charge is 2.32. The molecule has 0 aliphatic carbocycles. The molecule has 1 aliphatic rings. The van der Waals surface area contributed by atoms with Crippen molar-refractivity contribution in [3.8, 4) is 0 Å². The van der Waals surface area contributed by atoms with Gasteiger partial charge in [0.25, 0.3) is 0 Å². The molecule has 1 aliphatic heterocycles. The van der Waals surface area contributed by atoms with Crippen molar-refractivity contribution in [1.29, 1.82) is 0 Å². The summed E-state index contributed by atoms with van der Waals surface area (Å²) in [6.45, 7) is 0.413. The zero-order valence-electron chi connectivity index (χ0n) is 6.40. The Morgan fingerprint density at radius 2 is 2.17 bits per heavy atom. The van der Waals surface area contributed by atoms with Gasteiger partial charge >= 0.3 is 0 Å². The summed E-state index contributed by atoms with van der Waals surface area (Å²) in [7, 11) is 0. The molecular weight excluding hydrogens is 176 g/mol. The third-order valence-corrected chi connectivity index (χ3v) is 2.35. The lowest BCUT2D eigenvalue weighted by molar-refractivity contribution is -0.165. The van der Waals surface area contributed by atoms with E-state index in [1.807, 2.05) is 18.2 Å². The molecule has 2 nitrogen and oxygen atoms in total. The van der Waals surface area contributed by atoms with Gasteiger partial charge in [-0.05, 0) is 6.07 Å². The van der Waals surface area contributed by atoms with Gasteiger partial charge in [-0.2, -0.15) is 0 Å². The SMILES string of the molecule is OC1COC1c1ccccc1Cl. The Hall–Kier alpha value is -0.570. The number of hydrogen-bond acceptors (Lipinski definition) is 2. The summed E-state index contributed by atoms with van der Waals surface area (Å²) >= 11 is 5.91. The second-order valence-corrected chi connectivity index (χ2v) is 3.25. The molecule has 1 saturated heterocycles. The topological polar surface area (TPSA) is 29.5 Å². The van der Waals surface area contributed by atoms with Crippen molar-refractivity contribution in [1.82, 2.24) is 0 Å². The van der Waals surface area contributed by atoms with Crippen LogP contribution < -0.4 is 0 Å². The molecule has 0 radical (unpaired) electrons. The lowest BCUT2D eigenvalue weighted by atomic mass is 10.0. The van der Waals surface area contributed by atoms with Crippen LogP contribution in [0.4, 0.5) is 0 Å². The van der Waals surface area contributed by atoms with E-state index in [1.54, 1.807) is 6.07 Å². The van der Waals surface area contributed by atoms with Crippen LogP contribution in [0.5, 0.6) is 0 Å². The van der Waals surface area contributed by atoms with Gasteiger partial charge in [-0.3, -0.25) is 0 Å². The second-order valence-electron chi connectivity index (χ2n) is 2.84. The first-order valence-corrected chi connectivity index (χ1v) is 4.21. The predicted molar refractivity (Wildman–Crippen MR) is 46.2 cm³/mol. The van der Waals surface area contributed by atoms with Gasteiger partial charge in [-0.15, -0.1) is 0 Å². The number of aliphatic hydroxyl groups excluding tert-OH is 1. The van der Waals surface area contributed by atoms with Crippen LogP contribution >= 0.6 is 11.6 Å². The van der Waals surface area contributed by atoms with Crippen LogP contribution in [-0.4, -0.2) is 17.8 Å².